The van der Waals surface area contributed by atoms with Crippen LogP contribution in [0.2, 0.25) is 0 Å². The molecular formula is C31H39N3O6S. The first-order valence-corrected chi connectivity index (χ1v) is 14.8. The summed E-state index contributed by atoms with van der Waals surface area (Å²) in [6.07, 6.45) is 0. The molecule has 3 rings (SSSR count). The van der Waals surface area contributed by atoms with Crippen LogP contribution in [-0.2, 0) is 26.2 Å². The molecule has 1 atom stereocenters. The second-order valence-electron chi connectivity index (χ2n) is 10.2. The standard InChI is InChI=1S/C31H39N3O6S/c1-22(2)19-32-31(36)24(4)33(20-25-14-12-23(3)13-15-25)30(35)21-34(26-10-8-7-9-11-26)41(37,38)27-16-17-28(39-5)29(18-27)40-6/h7-18,22,24H,19-21H2,1-6H3,(H,32,36)/t24-/m1/s1. The highest BCUT2D eigenvalue weighted by Gasteiger charge is 2.33. The zero-order chi connectivity index (χ0) is 30.2. The van der Waals surface area contributed by atoms with E-state index in [1.54, 1.807) is 37.3 Å². The second-order valence-corrected chi connectivity index (χ2v) is 12.0. The molecule has 0 aliphatic rings. The van der Waals surface area contributed by atoms with Gasteiger partial charge in [0.2, 0.25) is 11.8 Å². The predicted molar refractivity (Wildman–Crippen MR) is 160 cm³/mol. The number of sulfonamides is 1. The fourth-order valence-electron chi connectivity index (χ4n) is 4.15. The van der Waals surface area contributed by atoms with Crippen molar-refractivity contribution in [1.29, 1.82) is 0 Å². The second kappa shape index (κ2) is 14.0. The smallest absolute Gasteiger partial charge is 0.264 e. The van der Waals surface area contributed by atoms with Crippen LogP contribution in [0.15, 0.2) is 77.7 Å². The number of ether oxygens (including phenoxy) is 2. The molecule has 0 aliphatic heterocycles. The van der Waals surface area contributed by atoms with Crippen molar-refractivity contribution < 1.29 is 27.5 Å². The monoisotopic (exact) mass is 581 g/mol. The maximum absolute atomic E-state index is 14.0. The number of nitrogens with zero attached hydrogens (tertiary/aromatic N) is 2. The summed E-state index contributed by atoms with van der Waals surface area (Å²) in [5.41, 5.74) is 2.19. The number of nitrogens with one attached hydrogen (secondary N) is 1. The summed E-state index contributed by atoms with van der Waals surface area (Å²) in [5.74, 6) is 0.00935. The first-order valence-electron chi connectivity index (χ1n) is 13.4. The largest absolute Gasteiger partial charge is 0.493 e. The molecule has 2 amide bonds. The fourth-order valence-corrected chi connectivity index (χ4v) is 5.58. The van der Waals surface area contributed by atoms with Crippen molar-refractivity contribution in [1.82, 2.24) is 10.2 Å². The summed E-state index contributed by atoms with van der Waals surface area (Å²) >= 11 is 0. The van der Waals surface area contributed by atoms with E-state index in [2.05, 4.69) is 5.32 Å². The number of carbonyl (C=O) groups is 2. The van der Waals surface area contributed by atoms with Crippen LogP contribution in [0, 0.1) is 12.8 Å². The molecular weight excluding hydrogens is 542 g/mol. The number of carbonyl (C=O) groups excluding carboxylic acids is 2. The minimum atomic E-state index is -4.24. The molecule has 41 heavy (non-hydrogen) atoms. The average molecular weight is 582 g/mol. The van der Waals surface area contributed by atoms with Gasteiger partial charge in [-0.15, -0.1) is 0 Å². The highest BCUT2D eigenvalue weighted by atomic mass is 32.2. The highest BCUT2D eigenvalue weighted by molar-refractivity contribution is 7.92. The Balaban J connectivity index is 2.02. The Hall–Kier alpha value is -4.05. The number of hydrogen-bond acceptors (Lipinski definition) is 6. The van der Waals surface area contributed by atoms with Crippen molar-refractivity contribution >= 4 is 27.5 Å². The van der Waals surface area contributed by atoms with Crippen molar-refractivity contribution in [3.8, 4) is 11.5 Å². The van der Waals surface area contributed by atoms with Gasteiger partial charge in [0.1, 0.15) is 12.6 Å². The maximum Gasteiger partial charge on any atom is 0.264 e. The topological polar surface area (TPSA) is 105 Å². The van der Waals surface area contributed by atoms with Crippen LogP contribution >= 0.6 is 0 Å². The third-order valence-corrected chi connectivity index (χ3v) is 8.36. The van der Waals surface area contributed by atoms with E-state index in [4.69, 9.17) is 9.47 Å². The molecule has 9 nitrogen and oxygen atoms in total. The highest BCUT2D eigenvalue weighted by Crippen LogP contribution is 2.32. The first-order chi connectivity index (χ1) is 19.5. The van der Waals surface area contributed by atoms with Crippen LogP contribution in [-0.4, -0.2) is 58.5 Å². The Morgan fingerprint density at radius 3 is 2.10 bits per heavy atom. The quantitative estimate of drug-likeness (QED) is 0.321. The predicted octanol–water partition coefficient (Wildman–Crippen LogP) is 4.40. The van der Waals surface area contributed by atoms with Crippen molar-refractivity contribution in [2.45, 2.75) is 45.2 Å². The van der Waals surface area contributed by atoms with Crippen molar-refractivity contribution in [2.24, 2.45) is 5.92 Å². The molecule has 0 aromatic heterocycles. The molecule has 0 heterocycles. The third kappa shape index (κ3) is 8.00. The molecule has 10 heteroatoms. The first kappa shape index (κ1) is 31.5. The van der Waals surface area contributed by atoms with Crippen molar-refractivity contribution in [3.63, 3.8) is 0 Å². The lowest BCUT2D eigenvalue weighted by molar-refractivity contribution is -0.139. The summed E-state index contributed by atoms with van der Waals surface area (Å²) in [4.78, 5) is 28.4. The Labute approximate surface area is 243 Å². The Kier molecular flexibility index (Phi) is 10.8. The summed E-state index contributed by atoms with van der Waals surface area (Å²) in [5, 5.41) is 2.89. The van der Waals surface area contributed by atoms with Gasteiger partial charge < -0.3 is 19.7 Å². The number of hydrogen-bond donors (Lipinski definition) is 1. The van der Waals surface area contributed by atoms with Gasteiger partial charge >= 0.3 is 0 Å². The van der Waals surface area contributed by atoms with Crippen molar-refractivity contribution in [2.75, 3.05) is 31.6 Å². The van der Waals surface area contributed by atoms with Gasteiger partial charge in [-0.3, -0.25) is 13.9 Å². The van der Waals surface area contributed by atoms with E-state index in [0.29, 0.717) is 18.0 Å². The molecule has 0 saturated heterocycles. The number of amides is 2. The lowest BCUT2D eigenvalue weighted by Gasteiger charge is -2.32. The molecule has 3 aromatic rings. The van der Waals surface area contributed by atoms with Gasteiger partial charge in [-0.05, 0) is 49.6 Å². The minimum absolute atomic E-state index is 0.0698. The van der Waals surface area contributed by atoms with E-state index >= 15 is 0 Å². The number of para-hydroxylation sites is 1. The Morgan fingerprint density at radius 1 is 0.878 bits per heavy atom. The van der Waals surface area contributed by atoms with Gasteiger partial charge in [-0.1, -0.05) is 61.9 Å². The van der Waals surface area contributed by atoms with Crippen LogP contribution in [0.3, 0.4) is 0 Å². The van der Waals surface area contributed by atoms with Gasteiger partial charge in [0, 0.05) is 19.2 Å². The van der Waals surface area contributed by atoms with Crippen LogP contribution in [0.4, 0.5) is 5.69 Å². The summed E-state index contributed by atoms with van der Waals surface area (Å²) in [6.45, 7) is 7.65. The zero-order valence-electron chi connectivity index (χ0n) is 24.5. The van der Waals surface area contributed by atoms with Gasteiger partial charge in [0.15, 0.2) is 11.5 Å². The molecule has 1 N–H and O–H groups in total. The molecule has 0 radical (unpaired) electrons. The molecule has 220 valence electrons. The molecule has 0 unspecified atom stereocenters. The van der Waals surface area contributed by atoms with Crippen LogP contribution in [0.25, 0.3) is 0 Å². The normalized spacial score (nSPS) is 12.0. The van der Waals surface area contributed by atoms with Gasteiger partial charge in [0.05, 0.1) is 24.8 Å². The van der Waals surface area contributed by atoms with Gasteiger partial charge in [-0.2, -0.15) is 0 Å². The van der Waals surface area contributed by atoms with Gasteiger partial charge in [0.25, 0.3) is 10.0 Å². The number of rotatable bonds is 13. The molecule has 0 bridgehead atoms. The van der Waals surface area contributed by atoms with Crippen LogP contribution < -0.4 is 19.1 Å². The van der Waals surface area contributed by atoms with Crippen LogP contribution in [0.5, 0.6) is 11.5 Å². The number of aryl methyl sites for hydroxylation is 1. The maximum atomic E-state index is 14.0. The summed E-state index contributed by atoms with van der Waals surface area (Å²) in [7, 11) is -1.36. The lowest BCUT2D eigenvalue weighted by Crippen LogP contribution is -2.51. The zero-order valence-corrected chi connectivity index (χ0v) is 25.3. The van der Waals surface area contributed by atoms with E-state index in [-0.39, 0.29) is 29.0 Å². The summed E-state index contributed by atoms with van der Waals surface area (Å²) in [6, 6.07) is 19.5. The van der Waals surface area contributed by atoms with E-state index in [0.717, 1.165) is 15.4 Å². The van der Waals surface area contributed by atoms with E-state index < -0.39 is 28.5 Å². The fraction of sp³-hybridized carbons (Fsp3) is 0.355. The van der Waals surface area contributed by atoms with Crippen LogP contribution in [0.1, 0.15) is 31.9 Å². The Bertz CT molecular complexity index is 1430. The number of benzene rings is 3. The van der Waals surface area contributed by atoms with Gasteiger partial charge in [-0.25, -0.2) is 8.42 Å². The third-order valence-electron chi connectivity index (χ3n) is 6.59. The summed E-state index contributed by atoms with van der Waals surface area (Å²) < 4.78 is 39.7. The molecule has 0 aliphatic carbocycles. The average Bonchev–Trinajstić information content (AvgIpc) is 2.97. The number of anilines is 1. The molecule has 0 fully saturated rings. The SMILES string of the molecule is COc1ccc(S(=O)(=O)N(CC(=O)N(Cc2ccc(C)cc2)[C@H](C)C(=O)NCC(C)C)c2ccccc2)cc1OC. The number of methoxy groups -OCH3 is 2. The minimum Gasteiger partial charge on any atom is -0.493 e. The lowest BCUT2D eigenvalue weighted by atomic mass is 10.1. The molecule has 0 saturated carbocycles. The van der Waals surface area contributed by atoms with E-state index in [1.807, 2.05) is 45.0 Å². The Morgan fingerprint density at radius 2 is 1.51 bits per heavy atom. The molecule has 0 spiro atoms. The van der Waals surface area contributed by atoms with E-state index in [1.165, 1.54) is 37.3 Å². The van der Waals surface area contributed by atoms with Crippen molar-refractivity contribution in [3.05, 3.63) is 83.9 Å². The van der Waals surface area contributed by atoms with E-state index in [9.17, 15) is 18.0 Å². The molecule has 3 aromatic carbocycles.